The monoisotopic (exact) mass is 517 g/mol. The van der Waals surface area contributed by atoms with Crippen LogP contribution in [0.25, 0.3) is 0 Å². The molecule has 0 spiro atoms. The SMILES string of the molecule is C=CCc1cc(C=NNC(=O)C(C)C(=O)Nc2ccccc2F)cc(OCC)c1OCc1ccc(C)cc1. The van der Waals surface area contributed by atoms with Gasteiger partial charge in [0.25, 0.3) is 5.91 Å². The summed E-state index contributed by atoms with van der Waals surface area (Å²) in [7, 11) is 0. The molecule has 3 aromatic carbocycles. The van der Waals surface area contributed by atoms with Crippen LogP contribution in [-0.2, 0) is 22.6 Å². The van der Waals surface area contributed by atoms with E-state index in [-0.39, 0.29) is 5.69 Å². The number of halogens is 1. The molecular weight excluding hydrogens is 485 g/mol. The van der Waals surface area contributed by atoms with Gasteiger partial charge in [-0.05, 0) is 62.6 Å². The van der Waals surface area contributed by atoms with Gasteiger partial charge in [0.15, 0.2) is 11.5 Å². The standard InChI is InChI=1S/C30H32FN3O4/c1-5-9-24-16-23(17-27(37-6-2)28(24)38-19-22-14-12-20(3)13-15-22)18-32-34-30(36)21(4)29(35)33-26-11-8-7-10-25(26)31/h5,7-8,10-18,21H,1,6,9,19H2,2-4H3,(H,33,35)(H,34,36). The van der Waals surface area contributed by atoms with Crippen molar-refractivity contribution in [1.29, 1.82) is 0 Å². The second kappa shape index (κ2) is 13.7. The molecule has 0 heterocycles. The number of anilines is 1. The van der Waals surface area contributed by atoms with Crippen molar-refractivity contribution in [3.05, 3.63) is 101 Å². The average molecular weight is 518 g/mol. The number of ether oxygens (including phenoxy) is 2. The number of nitrogens with one attached hydrogen (secondary N) is 2. The maximum Gasteiger partial charge on any atom is 0.252 e. The highest BCUT2D eigenvalue weighted by atomic mass is 19.1. The van der Waals surface area contributed by atoms with Gasteiger partial charge in [0.2, 0.25) is 5.91 Å². The van der Waals surface area contributed by atoms with Crippen molar-refractivity contribution >= 4 is 23.7 Å². The van der Waals surface area contributed by atoms with Gasteiger partial charge in [-0.1, -0.05) is 48.0 Å². The van der Waals surface area contributed by atoms with Gasteiger partial charge in [-0.2, -0.15) is 5.10 Å². The van der Waals surface area contributed by atoms with E-state index in [2.05, 4.69) is 22.4 Å². The van der Waals surface area contributed by atoms with Crippen LogP contribution in [0.4, 0.5) is 10.1 Å². The number of nitrogens with zero attached hydrogens (tertiary/aromatic N) is 1. The predicted octanol–water partition coefficient (Wildman–Crippen LogP) is 5.57. The minimum absolute atomic E-state index is 0.00328. The lowest BCUT2D eigenvalue weighted by atomic mass is 10.1. The molecule has 3 rings (SSSR count). The van der Waals surface area contributed by atoms with Crippen LogP contribution in [0.1, 0.15) is 36.1 Å². The van der Waals surface area contributed by atoms with Crippen LogP contribution >= 0.6 is 0 Å². The fourth-order valence-corrected chi connectivity index (χ4v) is 3.52. The van der Waals surface area contributed by atoms with Gasteiger partial charge in [-0.25, -0.2) is 9.82 Å². The molecule has 38 heavy (non-hydrogen) atoms. The van der Waals surface area contributed by atoms with Crippen LogP contribution in [0.3, 0.4) is 0 Å². The van der Waals surface area contributed by atoms with Crippen LogP contribution in [0.2, 0.25) is 0 Å². The Bertz CT molecular complexity index is 1310. The van der Waals surface area contributed by atoms with Crippen molar-refractivity contribution < 1.29 is 23.5 Å². The zero-order valence-electron chi connectivity index (χ0n) is 21.8. The summed E-state index contributed by atoms with van der Waals surface area (Å²) in [5.74, 6) is -1.80. The summed E-state index contributed by atoms with van der Waals surface area (Å²) in [6.07, 6.45) is 3.76. The van der Waals surface area contributed by atoms with E-state index in [9.17, 15) is 14.0 Å². The first-order chi connectivity index (χ1) is 18.3. The maximum atomic E-state index is 13.8. The van der Waals surface area contributed by atoms with Gasteiger partial charge >= 0.3 is 0 Å². The third kappa shape index (κ3) is 7.77. The van der Waals surface area contributed by atoms with Crippen LogP contribution in [0.5, 0.6) is 11.5 Å². The van der Waals surface area contributed by atoms with Gasteiger partial charge < -0.3 is 14.8 Å². The van der Waals surface area contributed by atoms with Gasteiger partial charge in [-0.15, -0.1) is 6.58 Å². The van der Waals surface area contributed by atoms with Gasteiger partial charge in [0, 0.05) is 5.56 Å². The number of carbonyl (C=O) groups is 2. The van der Waals surface area contributed by atoms with Crippen molar-refractivity contribution in [3.8, 4) is 11.5 Å². The highest BCUT2D eigenvalue weighted by molar-refractivity contribution is 6.06. The van der Waals surface area contributed by atoms with Crippen LogP contribution in [-0.4, -0.2) is 24.6 Å². The molecule has 2 N–H and O–H groups in total. The maximum absolute atomic E-state index is 13.8. The van der Waals surface area contributed by atoms with E-state index in [1.54, 1.807) is 18.2 Å². The molecule has 0 aromatic heterocycles. The number of carbonyl (C=O) groups excluding carboxylic acids is 2. The fraction of sp³-hybridized carbons (Fsp3) is 0.233. The molecule has 0 saturated carbocycles. The van der Waals surface area contributed by atoms with Crippen LogP contribution < -0.4 is 20.2 Å². The van der Waals surface area contributed by atoms with Crippen molar-refractivity contribution in [2.45, 2.75) is 33.8 Å². The number of rotatable bonds is 12. The van der Waals surface area contributed by atoms with E-state index in [0.717, 1.165) is 11.1 Å². The summed E-state index contributed by atoms with van der Waals surface area (Å²) < 4.78 is 25.8. The average Bonchev–Trinajstić information content (AvgIpc) is 2.90. The Morgan fingerprint density at radius 2 is 1.82 bits per heavy atom. The first-order valence-electron chi connectivity index (χ1n) is 12.3. The highest BCUT2D eigenvalue weighted by Crippen LogP contribution is 2.34. The number of allylic oxidation sites excluding steroid dienone is 1. The lowest BCUT2D eigenvalue weighted by Gasteiger charge is -2.17. The highest BCUT2D eigenvalue weighted by Gasteiger charge is 2.22. The number of hydrogen-bond donors (Lipinski definition) is 2. The molecule has 198 valence electrons. The number of aryl methyl sites for hydroxylation is 1. The van der Waals surface area contributed by atoms with E-state index >= 15 is 0 Å². The Morgan fingerprint density at radius 3 is 2.50 bits per heavy atom. The first kappa shape index (κ1) is 28.1. The molecule has 8 heteroatoms. The summed E-state index contributed by atoms with van der Waals surface area (Å²) in [4.78, 5) is 24.8. The predicted molar refractivity (Wildman–Crippen MR) is 147 cm³/mol. The molecule has 0 bridgehead atoms. The zero-order valence-corrected chi connectivity index (χ0v) is 21.8. The molecule has 7 nitrogen and oxygen atoms in total. The fourth-order valence-electron chi connectivity index (χ4n) is 3.52. The molecule has 2 amide bonds. The summed E-state index contributed by atoms with van der Waals surface area (Å²) in [5.41, 5.74) is 6.09. The number of para-hydroxylation sites is 1. The van der Waals surface area contributed by atoms with Crippen molar-refractivity contribution in [2.75, 3.05) is 11.9 Å². The van der Waals surface area contributed by atoms with Crippen LogP contribution in [0.15, 0.2) is 78.4 Å². The normalized spacial score (nSPS) is 11.6. The Labute approximate surface area is 222 Å². The smallest absolute Gasteiger partial charge is 0.252 e. The Kier molecular flexibility index (Phi) is 10.2. The minimum atomic E-state index is -1.10. The zero-order chi connectivity index (χ0) is 27.5. The molecule has 1 atom stereocenters. The largest absolute Gasteiger partial charge is 0.490 e. The molecule has 0 fully saturated rings. The lowest BCUT2D eigenvalue weighted by Crippen LogP contribution is -2.34. The van der Waals surface area contributed by atoms with Crippen molar-refractivity contribution in [1.82, 2.24) is 5.43 Å². The Morgan fingerprint density at radius 1 is 1.08 bits per heavy atom. The number of hydrazone groups is 1. The molecule has 0 saturated heterocycles. The third-order valence-electron chi connectivity index (χ3n) is 5.63. The number of benzene rings is 3. The lowest BCUT2D eigenvalue weighted by molar-refractivity contribution is -0.131. The third-order valence-corrected chi connectivity index (χ3v) is 5.63. The number of hydrogen-bond acceptors (Lipinski definition) is 5. The first-order valence-corrected chi connectivity index (χ1v) is 12.3. The van der Waals surface area contributed by atoms with Gasteiger partial charge in [0.05, 0.1) is 18.5 Å². The summed E-state index contributed by atoms with van der Waals surface area (Å²) >= 11 is 0. The molecule has 0 radical (unpaired) electrons. The van der Waals surface area contributed by atoms with Crippen LogP contribution in [0, 0.1) is 18.7 Å². The molecule has 0 aliphatic heterocycles. The quantitative estimate of drug-likeness (QED) is 0.142. The molecule has 0 aliphatic carbocycles. The summed E-state index contributed by atoms with van der Waals surface area (Å²) in [6, 6.07) is 17.5. The summed E-state index contributed by atoms with van der Waals surface area (Å²) in [6.45, 7) is 9.97. The second-order valence-corrected chi connectivity index (χ2v) is 8.63. The van der Waals surface area contributed by atoms with E-state index in [1.165, 1.54) is 36.9 Å². The summed E-state index contributed by atoms with van der Waals surface area (Å²) in [5, 5.41) is 6.41. The van der Waals surface area contributed by atoms with Crippen molar-refractivity contribution in [3.63, 3.8) is 0 Å². The van der Waals surface area contributed by atoms with E-state index in [4.69, 9.17) is 9.47 Å². The van der Waals surface area contributed by atoms with E-state index in [1.807, 2.05) is 44.2 Å². The topological polar surface area (TPSA) is 89.0 Å². The number of amides is 2. The van der Waals surface area contributed by atoms with Gasteiger partial charge in [-0.3, -0.25) is 9.59 Å². The van der Waals surface area contributed by atoms with Gasteiger partial charge in [0.1, 0.15) is 18.3 Å². The molecular formula is C30H32FN3O4. The molecule has 0 aliphatic rings. The molecule has 1 unspecified atom stereocenters. The Hall–Kier alpha value is -4.46. The second-order valence-electron chi connectivity index (χ2n) is 8.63. The Balaban J connectivity index is 1.71. The minimum Gasteiger partial charge on any atom is -0.490 e. The van der Waals surface area contributed by atoms with E-state index < -0.39 is 23.5 Å². The van der Waals surface area contributed by atoms with E-state index in [0.29, 0.717) is 36.7 Å². The molecule has 3 aromatic rings. The van der Waals surface area contributed by atoms with Crippen molar-refractivity contribution in [2.24, 2.45) is 11.0 Å².